The van der Waals surface area contributed by atoms with Gasteiger partial charge < -0.3 is 15.2 Å². The Morgan fingerprint density at radius 1 is 1.32 bits per heavy atom. The van der Waals surface area contributed by atoms with Crippen molar-refractivity contribution >= 4 is 33.7 Å². The number of halogens is 2. The van der Waals surface area contributed by atoms with Crippen LogP contribution >= 0.6 is 0 Å². The van der Waals surface area contributed by atoms with Gasteiger partial charge in [-0.2, -0.15) is 10.4 Å². The number of imidazole rings is 1. The summed E-state index contributed by atoms with van der Waals surface area (Å²) in [7, 11) is 0. The van der Waals surface area contributed by atoms with Crippen molar-refractivity contribution < 1.29 is 13.6 Å². The molecule has 37 heavy (non-hydrogen) atoms. The number of likely N-dealkylation sites (tertiary alicyclic amines) is 1. The number of fused-ring (bicyclic) bond motifs is 2. The number of pyridine rings is 1. The number of rotatable bonds is 4. The third-order valence-electron chi connectivity index (χ3n) is 6.61. The first-order chi connectivity index (χ1) is 17.9. The first kappa shape index (κ1) is 23.9. The van der Waals surface area contributed by atoms with Gasteiger partial charge in [-0.25, -0.2) is 18.7 Å². The Balaban J connectivity index is 1.59. The summed E-state index contributed by atoms with van der Waals surface area (Å²) in [5.74, 6) is 3.35. The second-order valence-corrected chi connectivity index (χ2v) is 8.68. The number of carbonyl (C=O) groups is 1. The molecule has 0 bridgehead atoms. The molecule has 9 nitrogen and oxygen atoms in total. The van der Waals surface area contributed by atoms with Crippen LogP contribution in [-0.2, 0) is 11.3 Å². The van der Waals surface area contributed by atoms with Crippen molar-refractivity contribution in [1.82, 2.24) is 29.2 Å². The van der Waals surface area contributed by atoms with Gasteiger partial charge >= 0.3 is 0 Å². The van der Waals surface area contributed by atoms with Crippen molar-refractivity contribution in [3.05, 3.63) is 60.2 Å². The molecule has 1 fully saturated rings. The Bertz CT molecular complexity index is 1670. The number of hydrogen-bond acceptors (Lipinski definition) is 6. The molecule has 0 radical (unpaired) electrons. The highest BCUT2D eigenvalue weighted by atomic mass is 19.2. The number of carbonyl (C=O) groups excluding carboxylic acids is 1. The van der Waals surface area contributed by atoms with E-state index >= 15 is 0 Å². The van der Waals surface area contributed by atoms with Gasteiger partial charge in [0, 0.05) is 25.3 Å². The summed E-state index contributed by atoms with van der Waals surface area (Å²) in [6, 6.07) is 4.70. The lowest BCUT2D eigenvalue weighted by atomic mass is 10.1. The quantitative estimate of drug-likeness (QED) is 0.339. The van der Waals surface area contributed by atoms with Crippen LogP contribution in [0.1, 0.15) is 37.1 Å². The Labute approximate surface area is 210 Å². The predicted octanol–water partition coefficient (Wildman–Crippen LogP) is 3.30. The first-order valence-corrected chi connectivity index (χ1v) is 11.6. The molecule has 186 valence electrons. The topological polar surface area (TPSA) is 119 Å². The molecule has 1 aliphatic heterocycles. The van der Waals surface area contributed by atoms with Crippen molar-refractivity contribution in [2.45, 2.75) is 38.4 Å². The van der Waals surface area contributed by atoms with Crippen LogP contribution in [-0.4, -0.2) is 47.7 Å². The summed E-state index contributed by atoms with van der Waals surface area (Å²) in [6.07, 6.45) is 4.88. The van der Waals surface area contributed by atoms with Crippen molar-refractivity contribution in [3.8, 4) is 17.9 Å². The minimum atomic E-state index is -1.07. The van der Waals surface area contributed by atoms with Crippen molar-refractivity contribution in [2.24, 2.45) is 0 Å². The molecule has 1 aromatic carbocycles. The molecule has 11 heteroatoms. The number of nitrogen functional groups attached to an aromatic ring is 1. The first-order valence-electron chi connectivity index (χ1n) is 11.6. The number of amides is 1. The minimum absolute atomic E-state index is 0.0838. The number of anilines is 1. The van der Waals surface area contributed by atoms with Crippen LogP contribution in [0.15, 0.2) is 37.3 Å². The second kappa shape index (κ2) is 9.36. The number of nitrogens with zero attached hydrogens (tertiary/aromatic N) is 7. The van der Waals surface area contributed by atoms with Gasteiger partial charge in [0.05, 0.1) is 46.8 Å². The zero-order valence-corrected chi connectivity index (χ0v) is 19.9. The van der Waals surface area contributed by atoms with E-state index in [0.29, 0.717) is 35.9 Å². The summed E-state index contributed by atoms with van der Waals surface area (Å²) < 4.78 is 32.9. The molecule has 5 rings (SSSR count). The van der Waals surface area contributed by atoms with Crippen LogP contribution in [0.25, 0.3) is 21.9 Å². The fourth-order valence-electron chi connectivity index (χ4n) is 4.86. The van der Waals surface area contributed by atoms with Crippen molar-refractivity contribution in [2.75, 3.05) is 12.3 Å². The van der Waals surface area contributed by atoms with Crippen LogP contribution in [0.3, 0.4) is 0 Å². The summed E-state index contributed by atoms with van der Waals surface area (Å²) in [4.78, 5) is 22.3. The van der Waals surface area contributed by atoms with Gasteiger partial charge in [-0.05, 0) is 37.5 Å². The molecule has 1 saturated heterocycles. The fourth-order valence-corrected chi connectivity index (χ4v) is 4.86. The van der Waals surface area contributed by atoms with Crippen molar-refractivity contribution in [3.63, 3.8) is 0 Å². The normalized spacial score (nSPS) is 17.1. The van der Waals surface area contributed by atoms with Gasteiger partial charge in [0.15, 0.2) is 11.6 Å². The second-order valence-electron chi connectivity index (χ2n) is 8.68. The van der Waals surface area contributed by atoms with Gasteiger partial charge in [0.1, 0.15) is 17.0 Å². The number of nitrogens with two attached hydrogens (primary N) is 1. The standard InChI is InChI=1S/C26H22F2N8O/c1-3-21(37)35-13-17(12-16(35)7-9-29)36-20-8-10-31-26(30)22(20)18(33-36)6-5-15-11-19-25(24(28)23(15)27)34(4-2)14-32-19/h3,8,10-11,14,16-17H,1,4,7,12-13H2,2H3,(H2,30,31)/t16-,17-/m0/s1. The van der Waals surface area contributed by atoms with Gasteiger partial charge in [-0.1, -0.05) is 12.5 Å². The number of benzene rings is 1. The Kier molecular flexibility index (Phi) is 6.06. The molecule has 1 aliphatic rings. The molecule has 0 aliphatic carbocycles. The number of nitriles is 1. The van der Waals surface area contributed by atoms with Crippen molar-refractivity contribution in [1.29, 1.82) is 5.26 Å². The molecule has 2 atom stereocenters. The number of hydrogen-bond donors (Lipinski definition) is 1. The molecule has 2 N–H and O–H groups in total. The molecule has 0 spiro atoms. The highest BCUT2D eigenvalue weighted by Crippen LogP contribution is 2.33. The van der Waals surface area contributed by atoms with Crippen LogP contribution in [0.4, 0.5) is 14.6 Å². The van der Waals surface area contributed by atoms with Crippen LogP contribution < -0.4 is 5.73 Å². The summed E-state index contributed by atoms with van der Waals surface area (Å²) in [6.45, 7) is 6.13. The molecule has 1 amide bonds. The van der Waals surface area contributed by atoms with E-state index in [9.17, 15) is 18.8 Å². The minimum Gasteiger partial charge on any atom is -0.383 e. The van der Waals surface area contributed by atoms with Crippen LogP contribution in [0.5, 0.6) is 0 Å². The molecular formula is C26H22F2N8O. The Hall–Kier alpha value is -4.77. The number of aromatic nitrogens is 5. The van der Waals surface area contributed by atoms with Gasteiger partial charge in [-0.15, -0.1) is 0 Å². The zero-order valence-electron chi connectivity index (χ0n) is 19.9. The predicted molar refractivity (Wildman–Crippen MR) is 133 cm³/mol. The highest BCUT2D eigenvalue weighted by Gasteiger charge is 2.36. The van der Waals surface area contributed by atoms with E-state index in [0.717, 1.165) is 0 Å². The van der Waals surface area contributed by atoms with E-state index in [-0.39, 0.29) is 47.0 Å². The van der Waals surface area contributed by atoms with E-state index in [1.165, 1.54) is 29.2 Å². The van der Waals surface area contributed by atoms with Gasteiger partial charge in [0.25, 0.3) is 0 Å². The lowest BCUT2D eigenvalue weighted by Crippen LogP contribution is -2.34. The SMILES string of the molecule is C=CC(=O)N1C[C@@H](n2nc(C#Cc3cc4ncn(CC)c4c(F)c3F)c3c(N)nccc32)C[C@@H]1CC#N. The molecule has 3 aromatic heterocycles. The largest absolute Gasteiger partial charge is 0.383 e. The Morgan fingerprint density at radius 2 is 2.14 bits per heavy atom. The molecule has 4 heterocycles. The maximum absolute atomic E-state index is 14.9. The monoisotopic (exact) mass is 500 g/mol. The van der Waals surface area contributed by atoms with Gasteiger partial charge in [-0.3, -0.25) is 9.48 Å². The Morgan fingerprint density at radius 3 is 2.86 bits per heavy atom. The van der Waals surface area contributed by atoms with Gasteiger partial charge in [0.2, 0.25) is 5.91 Å². The summed E-state index contributed by atoms with van der Waals surface area (Å²) in [5, 5.41) is 14.3. The molecule has 0 unspecified atom stereocenters. The lowest BCUT2D eigenvalue weighted by Gasteiger charge is -2.20. The fraction of sp³-hybridized carbons (Fsp3) is 0.269. The maximum Gasteiger partial charge on any atom is 0.246 e. The smallest absolute Gasteiger partial charge is 0.246 e. The number of aryl methyl sites for hydroxylation is 1. The lowest BCUT2D eigenvalue weighted by molar-refractivity contribution is -0.126. The third kappa shape index (κ3) is 3.95. The van der Waals surface area contributed by atoms with Crippen LogP contribution in [0, 0.1) is 34.8 Å². The van der Waals surface area contributed by atoms with E-state index in [1.807, 2.05) is 6.92 Å². The maximum atomic E-state index is 14.9. The molecule has 0 saturated carbocycles. The average molecular weight is 501 g/mol. The average Bonchev–Trinajstić information content (AvgIpc) is 3.60. The summed E-state index contributed by atoms with van der Waals surface area (Å²) >= 11 is 0. The van der Waals surface area contributed by atoms with E-state index in [4.69, 9.17) is 5.73 Å². The van der Waals surface area contributed by atoms with E-state index in [2.05, 4.69) is 39.6 Å². The molecule has 4 aromatic rings. The third-order valence-corrected chi connectivity index (χ3v) is 6.61. The molecular weight excluding hydrogens is 478 g/mol. The highest BCUT2D eigenvalue weighted by molar-refractivity contribution is 5.93. The van der Waals surface area contributed by atoms with E-state index < -0.39 is 11.6 Å². The van der Waals surface area contributed by atoms with Crippen LogP contribution in [0.2, 0.25) is 0 Å². The summed E-state index contributed by atoms with van der Waals surface area (Å²) in [5.41, 5.74) is 7.25. The zero-order chi connectivity index (χ0) is 26.3. The van der Waals surface area contributed by atoms with E-state index in [1.54, 1.807) is 15.6 Å².